The van der Waals surface area contributed by atoms with Crippen LogP contribution in [0.3, 0.4) is 0 Å². The number of allylic oxidation sites excluding steroid dienone is 1. The normalized spacial score (nSPS) is 16.0. The first-order chi connectivity index (χ1) is 11.2. The molecule has 1 N–H and O–H groups in total. The van der Waals surface area contributed by atoms with E-state index < -0.39 is 0 Å². The van der Waals surface area contributed by atoms with Crippen molar-refractivity contribution in [1.29, 1.82) is 0 Å². The van der Waals surface area contributed by atoms with Gasteiger partial charge in [0.05, 0.1) is 0 Å². The van der Waals surface area contributed by atoms with E-state index in [0.717, 1.165) is 38.0 Å². The molecule has 1 atom stereocenters. The van der Waals surface area contributed by atoms with Gasteiger partial charge in [-0.25, -0.2) is 4.98 Å². The minimum Gasteiger partial charge on any atom is -0.473 e. The van der Waals surface area contributed by atoms with Gasteiger partial charge in [0.15, 0.2) is 0 Å². The van der Waals surface area contributed by atoms with Crippen LogP contribution in [0, 0.1) is 0 Å². The van der Waals surface area contributed by atoms with Crippen LogP contribution in [0.4, 0.5) is 0 Å². The van der Waals surface area contributed by atoms with Crippen molar-refractivity contribution in [3.05, 3.63) is 36.5 Å². The SMILES string of the molecule is C=CCCC(CN1CCCC1)Oc1ccc(CNC(C)=O)cn1. The Hall–Kier alpha value is -1.88. The van der Waals surface area contributed by atoms with Crippen LogP contribution in [0.2, 0.25) is 0 Å². The van der Waals surface area contributed by atoms with Crippen molar-refractivity contribution < 1.29 is 9.53 Å². The van der Waals surface area contributed by atoms with E-state index in [4.69, 9.17) is 4.74 Å². The number of hydrogen-bond donors (Lipinski definition) is 1. The van der Waals surface area contributed by atoms with Crippen LogP contribution in [-0.4, -0.2) is 41.5 Å². The fourth-order valence-electron chi connectivity index (χ4n) is 2.73. The van der Waals surface area contributed by atoms with Gasteiger partial charge in [-0.15, -0.1) is 6.58 Å². The second-order valence-electron chi connectivity index (χ2n) is 6.03. The number of likely N-dealkylation sites (tertiary alicyclic amines) is 1. The van der Waals surface area contributed by atoms with E-state index in [0.29, 0.717) is 12.4 Å². The predicted octanol–water partition coefficient (Wildman–Crippen LogP) is 2.53. The maximum Gasteiger partial charge on any atom is 0.217 e. The van der Waals surface area contributed by atoms with Crippen molar-refractivity contribution in [3.8, 4) is 5.88 Å². The second kappa shape index (κ2) is 9.30. The van der Waals surface area contributed by atoms with Gasteiger partial charge in [0.25, 0.3) is 0 Å². The lowest BCUT2D eigenvalue weighted by molar-refractivity contribution is -0.119. The first-order valence-electron chi connectivity index (χ1n) is 8.36. The van der Waals surface area contributed by atoms with Gasteiger partial charge in [-0.3, -0.25) is 9.69 Å². The largest absolute Gasteiger partial charge is 0.473 e. The Morgan fingerprint density at radius 2 is 2.26 bits per heavy atom. The van der Waals surface area contributed by atoms with Crippen LogP contribution in [0.15, 0.2) is 31.0 Å². The summed E-state index contributed by atoms with van der Waals surface area (Å²) in [6, 6.07) is 3.82. The number of aromatic nitrogens is 1. The van der Waals surface area contributed by atoms with Crippen LogP contribution >= 0.6 is 0 Å². The number of pyridine rings is 1. The third-order valence-electron chi connectivity index (χ3n) is 3.98. The zero-order chi connectivity index (χ0) is 16.5. The zero-order valence-corrected chi connectivity index (χ0v) is 14.0. The Morgan fingerprint density at radius 1 is 1.48 bits per heavy atom. The summed E-state index contributed by atoms with van der Waals surface area (Å²) in [5.41, 5.74) is 0.967. The Kier molecular flexibility index (Phi) is 7.07. The summed E-state index contributed by atoms with van der Waals surface area (Å²) in [6.45, 7) is 9.08. The number of carbonyl (C=O) groups excluding carboxylic acids is 1. The lowest BCUT2D eigenvalue weighted by Crippen LogP contribution is -2.34. The van der Waals surface area contributed by atoms with Crippen molar-refractivity contribution in [3.63, 3.8) is 0 Å². The molecule has 5 heteroatoms. The molecular weight excluding hydrogens is 290 g/mol. The van der Waals surface area contributed by atoms with Gasteiger partial charge < -0.3 is 10.1 Å². The maximum atomic E-state index is 10.9. The fourth-order valence-corrected chi connectivity index (χ4v) is 2.73. The number of amides is 1. The molecule has 0 aliphatic carbocycles. The van der Waals surface area contributed by atoms with Crippen LogP contribution in [-0.2, 0) is 11.3 Å². The molecule has 1 fully saturated rings. The number of nitrogens with one attached hydrogen (secondary N) is 1. The van der Waals surface area contributed by atoms with Gasteiger partial charge in [0.1, 0.15) is 6.10 Å². The summed E-state index contributed by atoms with van der Waals surface area (Å²) < 4.78 is 6.07. The summed E-state index contributed by atoms with van der Waals surface area (Å²) >= 11 is 0. The van der Waals surface area contributed by atoms with Crippen molar-refractivity contribution in [2.24, 2.45) is 0 Å². The molecule has 1 aliphatic heterocycles. The minimum absolute atomic E-state index is 0.0413. The van der Waals surface area contributed by atoms with E-state index in [1.807, 2.05) is 18.2 Å². The van der Waals surface area contributed by atoms with Gasteiger partial charge in [0, 0.05) is 32.3 Å². The number of rotatable bonds is 9. The van der Waals surface area contributed by atoms with E-state index in [1.54, 1.807) is 6.20 Å². The van der Waals surface area contributed by atoms with E-state index in [2.05, 4.69) is 21.8 Å². The third kappa shape index (κ3) is 6.40. The molecule has 1 aliphatic rings. The molecule has 1 unspecified atom stereocenters. The van der Waals surface area contributed by atoms with Crippen LogP contribution in [0.5, 0.6) is 5.88 Å². The predicted molar refractivity (Wildman–Crippen MR) is 91.3 cm³/mol. The molecule has 0 aromatic carbocycles. The molecule has 1 amide bonds. The smallest absolute Gasteiger partial charge is 0.217 e. The molecule has 2 heterocycles. The van der Waals surface area contributed by atoms with Gasteiger partial charge in [0.2, 0.25) is 11.8 Å². The highest BCUT2D eigenvalue weighted by atomic mass is 16.5. The van der Waals surface area contributed by atoms with Crippen molar-refractivity contribution in [1.82, 2.24) is 15.2 Å². The molecule has 0 saturated carbocycles. The van der Waals surface area contributed by atoms with Crippen LogP contribution < -0.4 is 10.1 Å². The first kappa shape index (κ1) is 17.5. The average Bonchev–Trinajstić information content (AvgIpc) is 3.05. The van der Waals surface area contributed by atoms with Crippen molar-refractivity contribution in [2.75, 3.05) is 19.6 Å². The molecule has 5 nitrogen and oxygen atoms in total. The summed E-state index contributed by atoms with van der Waals surface area (Å²) in [6.07, 6.45) is 8.29. The summed E-state index contributed by atoms with van der Waals surface area (Å²) in [5.74, 6) is 0.602. The van der Waals surface area contributed by atoms with Crippen LogP contribution in [0.25, 0.3) is 0 Å². The van der Waals surface area contributed by atoms with Gasteiger partial charge >= 0.3 is 0 Å². The van der Waals surface area contributed by atoms with Gasteiger partial charge in [-0.1, -0.05) is 12.1 Å². The Morgan fingerprint density at radius 3 is 2.87 bits per heavy atom. The van der Waals surface area contributed by atoms with Crippen molar-refractivity contribution >= 4 is 5.91 Å². The molecule has 23 heavy (non-hydrogen) atoms. The molecular formula is C18H27N3O2. The summed E-state index contributed by atoms with van der Waals surface area (Å²) in [4.78, 5) is 17.7. The highest BCUT2D eigenvalue weighted by molar-refractivity contribution is 5.72. The lowest BCUT2D eigenvalue weighted by atomic mass is 10.2. The number of ether oxygens (including phenoxy) is 1. The quantitative estimate of drug-likeness (QED) is 0.711. The summed E-state index contributed by atoms with van der Waals surface area (Å²) in [7, 11) is 0. The van der Waals surface area contributed by atoms with Gasteiger partial charge in [-0.05, 0) is 44.3 Å². The number of hydrogen-bond acceptors (Lipinski definition) is 4. The van der Waals surface area contributed by atoms with Crippen molar-refractivity contribution in [2.45, 2.75) is 45.3 Å². The molecule has 0 radical (unpaired) electrons. The standard InChI is InChI=1S/C18H27N3O2/c1-3-4-7-17(14-21-10-5-6-11-21)23-18-9-8-16(13-20-18)12-19-15(2)22/h3,8-9,13,17H,1,4-7,10-12,14H2,2H3,(H,19,22). The highest BCUT2D eigenvalue weighted by Gasteiger charge is 2.18. The fraction of sp³-hybridized carbons (Fsp3) is 0.556. The Balaban J connectivity index is 1.89. The van der Waals surface area contributed by atoms with E-state index in [9.17, 15) is 4.79 Å². The topological polar surface area (TPSA) is 54.5 Å². The molecule has 1 saturated heterocycles. The minimum atomic E-state index is -0.0413. The maximum absolute atomic E-state index is 10.9. The van der Waals surface area contributed by atoms with E-state index in [1.165, 1.54) is 19.8 Å². The third-order valence-corrected chi connectivity index (χ3v) is 3.98. The van der Waals surface area contributed by atoms with E-state index in [-0.39, 0.29) is 12.0 Å². The number of carbonyl (C=O) groups is 1. The molecule has 2 rings (SSSR count). The molecule has 126 valence electrons. The lowest BCUT2D eigenvalue weighted by Gasteiger charge is -2.23. The number of nitrogens with zero attached hydrogens (tertiary/aromatic N) is 2. The molecule has 1 aromatic rings. The first-order valence-corrected chi connectivity index (χ1v) is 8.36. The Labute approximate surface area is 138 Å². The van der Waals surface area contributed by atoms with Gasteiger partial charge in [-0.2, -0.15) is 0 Å². The highest BCUT2D eigenvalue weighted by Crippen LogP contribution is 2.16. The molecule has 0 spiro atoms. The zero-order valence-electron chi connectivity index (χ0n) is 14.0. The summed E-state index contributed by atoms with van der Waals surface area (Å²) in [5, 5.41) is 2.76. The van der Waals surface area contributed by atoms with Crippen LogP contribution in [0.1, 0.15) is 38.2 Å². The second-order valence-corrected chi connectivity index (χ2v) is 6.03. The monoisotopic (exact) mass is 317 g/mol. The molecule has 0 bridgehead atoms. The average molecular weight is 317 g/mol. The Bertz CT molecular complexity index is 495. The molecule has 1 aromatic heterocycles. The van der Waals surface area contributed by atoms with E-state index >= 15 is 0 Å².